The molecule has 0 bridgehead atoms. The first-order valence-electron chi connectivity index (χ1n) is 9.17. The topological polar surface area (TPSA) is 3.88 Å². The molecule has 0 aliphatic heterocycles. The van der Waals surface area contributed by atoms with Gasteiger partial charge in [0.05, 0.1) is 20.0 Å². The lowest BCUT2D eigenvalue weighted by atomic mass is 9.94. The molecule has 0 aliphatic rings. The summed E-state index contributed by atoms with van der Waals surface area (Å²) in [7, 11) is -0.0119. The van der Waals surface area contributed by atoms with Crippen LogP contribution in [0.4, 0.5) is 26.3 Å². The van der Waals surface area contributed by atoms with Crippen molar-refractivity contribution >= 4 is 13.3 Å². The molecule has 8 heteroatoms. The Balaban J connectivity index is 2.78. The van der Waals surface area contributed by atoms with Crippen LogP contribution in [0.25, 0.3) is 11.3 Å². The molecule has 0 unspecified atom stereocenters. The zero-order valence-electron chi connectivity index (χ0n) is 17.6. The molecule has 0 N–H and O–H groups in total. The largest absolute Gasteiger partial charge is 0.416 e. The molecule has 27 heavy (non-hydrogen) atoms. The lowest BCUT2D eigenvalue weighted by Crippen LogP contribution is -2.45. The Morgan fingerprint density at radius 3 is 2.07 bits per heavy atom. The Labute approximate surface area is 158 Å². The summed E-state index contributed by atoms with van der Waals surface area (Å²) in [6, 6.07) is 4.72. The predicted molar refractivity (Wildman–Crippen MR) is 95.5 cm³/mol. The molecule has 1 nitrogen and oxygen atoms in total. The van der Waals surface area contributed by atoms with Gasteiger partial charge in [-0.1, -0.05) is 31.8 Å². The van der Waals surface area contributed by atoms with E-state index in [4.69, 9.17) is 2.74 Å². The van der Waals surface area contributed by atoms with Gasteiger partial charge in [-0.05, 0) is 24.1 Å². The molecule has 0 radical (unpaired) electrons. The molecule has 1 aromatic carbocycles. The summed E-state index contributed by atoms with van der Waals surface area (Å²) in [5.41, 5.74) is -2.44. The van der Waals surface area contributed by atoms with Gasteiger partial charge in [-0.15, -0.1) is 0 Å². The molecule has 2 rings (SSSR count). The summed E-state index contributed by atoms with van der Waals surface area (Å²) in [5, 5.41) is 1.07. The first-order chi connectivity index (χ1) is 12.9. The minimum absolute atomic E-state index is 0.101. The van der Waals surface area contributed by atoms with Gasteiger partial charge in [-0.25, -0.2) is 4.57 Å². The van der Waals surface area contributed by atoms with Crippen LogP contribution in [0.1, 0.15) is 19.4 Å². The Bertz CT molecular complexity index is 930. The van der Waals surface area contributed by atoms with Crippen LogP contribution in [0.15, 0.2) is 30.5 Å². The van der Waals surface area contributed by atoms with Crippen LogP contribution in [-0.2, 0) is 19.6 Å². The normalized spacial score (nSPS) is 14.8. The summed E-state index contributed by atoms with van der Waals surface area (Å²) >= 11 is 0. The molecule has 1 heterocycles. The first-order valence-corrected chi connectivity index (χ1v) is 11.7. The number of rotatable bonds is 3. The van der Waals surface area contributed by atoms with Gasteiger partial charge in [-0.2, -0.15) is 26.3 Å². The molecule has 0 aliphatic carbocycles. The molecule has 148 valence electrons. The third-order valence-corrected chi connectivity index (χ3v) is 6.25. The highest BCUT2D eigenvalue weighted by atomic mass is 28.3. The number of alkyl halides is 6. The van der Waals surface area contributed by atoms with Crippen LogP contribution in [0.3, 0.4) is 0 Å². The van der Waals surface area contributed by atoms with Gasteiger partial charge in [0.1, 0.15) is 7.05 Å². The third kappa shape index (κ3) is 5.12. The lowest BCUT2D eigenvalue weighted by molar-refractivity contribution is -0.659. The second kappa shape index (κ2) is 6.96. The highest BCUT2D eigenvalue weighted by Crippen LogP contribution is 2.38. The third-order valence-electron chi connectivity index (χ3n) is 4.22. The standard InChI is InChI=1S/C19H22F6NSi/c1-12-8-13(10-18(20,21)22)16(19(23,24)25)9-15(12)17-7-6-14(11-26(17)2)27(3,4)5/h6-9,11H,10H2,1-5H3/q+1/i10D2. The summed E-state index contributed by atoms with van der Waals surface area (Å²) in [6.07, 6.45) is -12.9. The van der Waals surface area contributed by atoms with E-state index in [9.17, 15) is 26.3 Å². The Morgan fingerprint density at radius 2 is 1.63 bits per heavy atom. The van der Waals surface area contributed by atoms with Gasteiger partial charge >= 0.3 is 12.4 Å². The molecular weight excluding hydrogens is 384 g/mol. The summed E-state index contributed by atoms with van der Waals surface area (Å²) in [6.45, 7) is 7.72. The van der Waals surface area contributed by atoms with E-state index in [1.54, 1.807) is 17.7 Å². The van der Waals surface area contributed by atoms with Crippen molar-refractivity contribution in [2.75, 3.05) is 0 Å². The fraction of sp³-hybridized carbons (Fsp3) is 0.421. The van der Waals surface area contributed by atoms with Crippen molar-refractivity contribution in [3.8, 4) is 11.3 Å². The van der Waals surface area contributed by atoms with Crippen molar-refractivity contribution in [2.24, 2.45) is 7.05 Å². The summed E-state index contributed by atoms with van der Waals surface area (Å²) < 4.78 is 96.3. The Kier molecular flexibility index (Phi) is 4.78. The van der Waals surface area contributed by atoms with Gasteiger partial charge in [0.2, 0.25) is 5.69 Å². The Morgan fingerprint density at radius 1 is 1.04 bits per heavy atom. The number of benzene rings is 1. The van der Waals surface area contributed by atoms with Crippen molar-refractivity contribution < 1.29 is 33.7 Å². The molecule has 0 spiro atoms. The quantitative estimate of drug-likeness (QED) is 0.375. The molecule has 2 aromatic rings. The number of pyridine rings is 1. The van der Waals surface area contributed by atoms with Gasteiger partial charge in [0.25, 0.3) is 0 Å². The smallest absolute Gasteiger partial charge is 0.201 e. The van der Waals surface area contributed by atoms with Gasteiger partial charge in [0, 0.05) is 19.6 Å². The predicted octanol–water partition coefficient (Wildman–Crippen LogP) is 5.16. The van der Waals surface area contributed by atoms with Crippen molar-refractivity contribution in [1.29, 1.82) is 0 Å². The fourth-order valence-electron chi connectivity index (χ4n) is 2.81. The second-order valence-corrected chi connectivity index (χ2v) is 12.6. The van der Waals surface area contributed by atoms with E-state index < -0.39 is 37.9 Å². The zero-order chi connectivity index (χ0) is 22.6. The fourth-order valence-corrected chi connectivity index (χ4v) is 3.97. The van der Waals surface area contributed by atoms with Crippen molar-refractivity contribution in [3.63, 3.8) is 0 Å². The van der Waals surface area contributed by atoms with E-state index in [0.717, 1.165) is 5.19 Å². The summed E-state index contributed by atoms with van der Waals surface area (Å²) in [5.74, 6) is 0. The molecule has 1 aromatic heterocycles. The van der Waals surface area contributed by atoms with E-state index in [1.165, 1.54) is 6.92 Å². The van der Waals surface area contributed by atoms with E-state index in [1.807, 2.05) is 12.3 Å². The molecule has 0 atom stereocenters. The Hall–Kier alpha value is -1.83. The molecule has 0 saturated heterocycles. The number of aryl methyl sites for hydroxylation is 2. The first kappa shape index (κ1) is 18.5. The average molecular weight is 408 g/mol. The molecule has 0 saturated carbocycles. The van der Waals surface area contributed by atoms with Gasteiger partial charge in [-0.3, -0.25) is 0 Å². The van der Waals surface area contributed by atoms with Crippen molar-refractivity contribution in [1.82, 2.24) is 0 Å². The minimum Gasteiger partial charge on any atom is -0.201 e. The van der Waals surface area contributed by atoms with Crippen molar-refractivity contribution in [3.05, 3.63) is 47.2 Å². The monoisotopic (exact) mass is 408 g/mol. The maximum absolute atomic E-state index is 13.6. The SMILES string of the molecule is [2H]C([2H])(c1cc(C)c(-c2ccc([Si](C)(C)C)c[n+]2C)cc1C(F)(F)F)C(F)(F)F. The zero-order valence-corrected chi connectivity index (χ0v) is 16.6. The number of nitrogens with zero attached hydrogens (tertiary/aromatic N) is 1. The highest BCUT2D eigenvalue weighted by molar-refractivity contribution is 6.88. The van der Waals surface area contributed by atoms with E-state index in [-0.39, 0.29) is 11.1 Å². The van der Waals surface area contributed by atoms with Crippen LogP contribution in [0.5, 0.6) is 0 Å². The molecule has 0 fully saturated rings. The van der Waals surface area contributed by atoms with Crippen LogP contribution in [-0.4, -0.2) is 14.3 Å². The van der Waals surface area contributed by atoms with Crippen molar-refractivity contribution in [2.45, 2.75) is 45.3 Å². The number of aromatic nitrogens is 1. The van der Waals surface area contributed by atoms with E-state index in [0.29, 0.717) is 17.8 Å². The van der Waals surface area contributed by atoms with Crippen LogP contribution < -0.4 is 9.75 Å². The lowest BCUT2D eigenvalue weighted by Gasteiger charge is -2.18. The summed E-state index contributed by atoms with van der Waals surface area (Å²) in [4.78, 5) is 0. The average Bonchev–Trinajstić information content (AvgIpc) is 2.51. The van der Waals surface area contributed by atoms with Gasteiger partial charge in [0.15, 0.2) is 6.20 Å². The number of halogens is 6. The molecule has 0 amide bonds. The maximum atomic E-state index is 13.6. The molecular formula is C19H22F6NSi+. The highest BCUT2D eigenvalue weighted by Gasteiger charge is 2.38. The van der Waals surface area contributed by atoms with E-state index >= 15 is 0 Å². The van der Waals surface area contributed by atoms with Crippen LogP contribution in [0, 0.1) is 6.92 Å². The van der Waals surface area contributed by atoms with E-state index in [2.05, 4.69) is 19.6 Å². The van der Waals surface area contributed by atoms with Crippen LogP contribution in [0.2, 0.25) is 19.6 Å². The van der Waals surface area contributed by atoms with Crippen LogP contribution >= 0.6 is 0 Å². The number of hydrogen-bond acceptors (Lipinski definition) is 0. The van der Waals surface area contributed by atoms with Gasteiger partial charge < -0.3 is 0 Å². The minimum atomic E-state index is -5.48. The number of hydrogen-bond donors (Lipinski definition) is 0. The maximum Gasteiger partial charge on any atom is 0.416 e. The second-order valence-electron chi connectivity index (χ2n) is 7.50.